The minimum Gasteiger partial charge on any atom is -0.482 e. The van der Waals surface area contributed by atoms with Crippen LogP contribution in [-0.2, 0) is 9.53 Å². The van der Waals surface area contributed by atoms with Crippen LogP contribution in [0.5, 0.6) is 5.75 Å². The minimum absolute atomic E-state index is 0.0584. The summed E-state index contributed by atoms with van der Waals surface area (Å²) in [5.74, 6) is 0.289. The van der Waals surface area contributed by atoms with Crippen LogP contribution < -0.4 is 4.74 Å². The number of fused-ring (bicyclic) bond motifs is 1. The molecule has 4 heteroatoms. The zero-order chi connectivity index (χ0) is 10.7. The molecule has 0 amide bonds. The summed E-state index contributed by atoms with van der Waals surface area (Å²) in [6.07, 6.45) is 0. The molecule has 1 aromatic carbocycles. The van der Waals surface area contributed by atoms with Crippen LogP contribution in [0, 0.1) is 6.07 Å². The molecule has 0 N–H and O–H groups in total. The number of carbonyl (C=O) groups is 1. The van der Waals surface area contributed by atoms with E-state index in [4.69, 9.17) is 4.74 Å². The maximum atomic E-state index is 10.8. The molecule has 0 unspecified atom stereocenters. The highest BCUT2D eigenvalue weighted by Gasteiger charge is 2.02. The second-order valence-corrected chi connectivity index (χ2v) is 3.81. The van der Waals surface area contributed by atoms with Crippen molar-refractivity contribution in [1.82, 2.24) is 0 Å². The fourth-order valence-electron chi connectivity index (χ4n) is 1.17. The molecule has 0 fully saturated rings. The van der Waals surface area contributed by atoms with Crippen molar-refractivity contribution in [2.24, 2.45) is 0 Å². The second kappa shape index (κ2) is 4.31. The number of esters is 1. The summed E-state index contributed by atoms with van der Waals surface area (Å²) in [6, 6.07) is 8.71. The van der Waals surface area contributed by atoms with Gasteiger partial charge in [0.25, 0.3) is 0 Å². The molecule has 0 spiro atoms. The van der Waals surface area contributed by atoms with Gasteiger partial charge < -0.3 is 9.47 Å². The molecule has 0 saturated carbocycles. The summed E-state index contributed by atoms with van der Waals surface area (Å²) in [7, 11) is 1.34. The Labute approximate surface area is 91.2 Å². The van der Waals surface area contributed by atoms with E-state index in [0.717, 1.165) is 10.1 Å². The first-order chi connectivity index (χ1) is 7.29. The topological polar surface area (TPSA) is 35.5 Å². The first-order valence-electron chi connectivity index (χ1n) is 4.38. The molecule has 1 radical (unpaired) electrons. The lowest BCUT2D eigenvalue weighted by atomic mass is 10.2. The second-order valence-electron chi connectivity index (χ2n) is 2.90. The predicted octanol–water partition coefficient (Wildman–Crippen LogP) is 2.25. The van der Waals surface area contributed by atoms with Gasteiger partial charge in [0, 0.05) is 16.2 Å². The van der Waals surface area contributed by atoms with Gasteiger partial charge in [-0.25, -0.2) is 4.79 Å². The van der Waals surface area contributed by atoms with Crippen LogP contribution in [-0.4, -0.2) is 19.7 Å². The lowest BCUT2D eigenvalue weighted by molar-refractivity contribution is -0.142. The van der Waals surface area contributed by atoms with Gasteiger partial charge in [-0.2, -0.15) is 0 Å². The van der Waals surface area contributed by atoms with E-state index >= 15 is 0 Å². The summed E-state index contributed by atoms with van der Waals surface area (Å²) >= 11 is 1.59. The number of hydrogen-bond acceptors (Lipinski definition) is 4. The Morgan fingerprint density at radius 3 is 3.20 bits per heavy atom. The van der Waals surface area contributed by atoms with Gasteiger partial charge in [0.1, 0.15) is 5.75 Å². The monoisotopic (exact) mass is 221 g/mol. The molecule has 0 aliphatic rings. The third-order valence-corrected chi connectivity index (χ3v) is 2.77. The minimum atomic E-state index is -0.382. The summed E-state index contributed by atoms with van der Waals surface area (Å²) in [5.41, 5.74) is 0. The third kappa shape index (κ3) is 2.27. The Kier molecular flexibility index (Phi) is 2.87. The van der Waals surface area contributed by atoms with E-state index < -0.39 is 0 Å². The molecule has 0 bridgehead atoms. The lowest BCUT2D eigenvalue weighted by Crippen LogP contribution is -2.12. The van der Waals surface area contributed by atoms with Gasteiger partial charge in [-0.3, -0.25) is 0 Å². The van der Waals surface area contributed by atoms with E-state index in [-0.39, 0.29) is 12.6 Å². The summed E-state index contributed by atoms with van der Waals surface area (Å²) in [6.45, 7) is -0.0584. The molecule has 3 nitrogen and oxygen atoms in total. The Morgan fingerprint density at radius 1 is 1.53 bits per heavy atom. The highest BCUT2D eigenvalue weighted by molar-refractivity contribution is 7.17. The van der Waals surface area contributed by atoms with E-state index in [1.807, 2.05) is 23.6 Å². The number of rotatable bonds is 3. The van der Waals surface area contributed by atoms with E-state index in [1.165, 1.54) is 7.11 Å². The van der Waals surface area contributed by atoms with Crippen molar-refractivity contribution in [2.45, 2.75) is 0 Å². The Morgan fingerprint density at radius 2 is 2.40 bits per heavy atom. The summed E-state index contributed by atoms with van der Waals surface area (Å²) in [4.78, 5) is 10.8. The van der Waals surface area contributed by atoms with E-state index in [0.29, 0.717) is 5.75 Å². The molecule has 0 atom stereocenters. The van der Waals surface area contributed by atoms with Crippen molar-refractivity contribution in [1.29, 1.82) is 0 Å². The van der Waals surface area contributed by atoms with Crippen LogP contribution in [0.1, 0.15) is 0 Å². The first kappa shape index (κ1) is 9.98. The first-order valence-corrected chi connectivity index (χ1v) is 5.26. The van der Waals surface area contributed by atoms with Crippen LogP contribution in [0.3, 0.4) is 0 Å². The average Bonchev–Trinajstić information content (AvgIpc) is 2.72. The van der Waals surface area contributed by atoms with E-state index in [1.54, 1.807) is 11.3 Å². The Balaban J connectivity index is 2.11. The molecular weight excluding hydrogens is 212 g/mol. The molecule has 2 aromatic rings. The van der Waals surface area contributed by atoms with E-state index in [9.17, 15) is 4.79 Å². The maximum Gasteiger partial charge on any atom is 0.343 e. The third-order valence-electron chi connectivity index (χ3n) is 1.94. The number of ether oxygens (including phenoxy) is 2. The number of hydrogen-bond donors (Lipinski definition) is 0. The zero-order valence-electron chi connectivity index (χ0n) is 8.15. The van der Waals surface area contributed by atoms with Gasteiger partial charge in [-0.05, 0) is 23.6 Å². The fourth-order valence-corrected chi connectivity index (χ4v) is 1.92. The van der Waals surface area contributed by atoms with Crippen LogP contribution in [0.15, 0.2) is 23.6 Å². The van der Waals surface area contributed by atoms with Crippen molar-refractivity contribution in [3.63, 3.8) is 0 Å². The van der Waals surface area contributed by atoms with Crippen molar-refractivity contribution >= 4 is 27.4 Å². The lowest BCUT2D eigenvalue weighted by Gasteiger charge is -2.04. The van der Waals surface area contributed by atoms with Crippen LogP contribution in [0.25, 0.3) is 10.1 Å². The van der Waals surface area contributed by atoms with Gasteiger partial charge in [0.2, 0.25) is 0 Å². The molecule has 1 aromatic heterocycles. The van der Waals surface area contributed by atoms with Gasteiger partial charge in [-0.15, -0.1) is 11.3 Å². The zero-order valence-corrected chi connectivity index (χ0v) is 8.97. The van der Waals surface area contributed by atoms with Crippen LogP contribution in [0.4, 0.5) is 0 Å². The van der Waals surface area contributed by atoms with Crippen molar-refractivity contribution in [2.75, 3.05) is 13.7 Å². The molecular formula is C11H9O3S. The molecule has 1 heterocycles. The fraction of sp³-hybridized carbons (Fsp3) is 0.182. The predicted molar refractivity (Wildman–Crippen MR) is 58.2 cm³/mol. The molecule has 77 valence electrons. The van der Waals surface area contributed by atoms with Crippen LogP contribution in [0.2, 0.25) is 0 Å². The van der Waals surface area contributed by atoms with Crippen molar-refractivity contribution in [3.05, 3.63) is 29.6 Å². The average molecular weight is 221 g/mol. The highest BCUT2D eigenvalue weighted by atomic mass is 32.1. The number of methoxy groups -OCH3 is 1. The maximum absolute atomic E-state index is 10.8. The quantitative estimate of drug-likeness (QED) is 0.746. The van der Waals surface area contributed by atoms with Gasteiger partial charge >= 0.3 is 5.97 Å². The summed E-state index contributed by atoms with van der Waals surface area (Å²) < 4.78 is 10.8. The van der Waals surface area contributed by atoms with E-state index in [2.05, 4.69) is 10.8 Å². The normalized spacial score (nSPS) is 10.2. The molecule has 0 saturated heterocycles. The SMILES string of the molecule is COC(=O)COc1ccc2[c]csc2c1. The largest absolute Gasteiger partial charge is 0.482 e. The van der Waals surface area contributed by atoms with Gasteiger partial charge in [0.15, 0.2) is 6.61 Å². The Bertz CT molecular complexity index is 475. The van der Waals surface area contributed by atoms with Gasteiger partial charge in [-0.1, -0.05) is 0 Å². The smallest absolute Gasteiger partial charge is 0.343 e. The number of benzene rings is 1. The highest BCUT2D eigenvalue weighted by Crippen LogP contribution is 2.24. The molecule has 0 aliphatic heterocycles. The molecule has 0 aliphatic carbocycles. The standard InChI is InChI=1S/C11H9O3S/c1-13-11(12)7-14-9-3-2-8-4-5-15-10(8)6-9/h2-3,5-6H,7H2,1H3. The molecule has 2 rings (SSSR count). The van der Waals surface area contributed by atoms with Crippen molar-refractivity contribution in [3.8, 4) is 5.75 Å². The van der Waals surface area contributed by atoms with Crippen LogP contribution >= 0.6 is 11.3 Å². The van der Waals surface area contributed by atoms with Crippen molar-refractivity contribution < 1.29 is 14.3 Å². The summed E-state index contributed by atoms with van der Waals surface area (Å²) in [5, 5.41) is 2.96. The Hall–Kier alpha value is -1.55. The number of carbonyl (C=O) groups excluding carboxylic acids is 1. The van der Waals surface area contributed by atoms with Gasteiger partial charge in [0.05, 0.1) is 7.11 Å². The molecule has 15 heavy (non-hydrogen) atoms. The number of thiophene rings is 1.